The van der Waals surface area contributed by atoms with Gasteiger partial charge in [0, 0.05) is 5.56 Å². The monoisotopic (exact) mass is 360 g/mol. The van der Waals surface area contributed by atoms with Gasteiger partial charge in [0.25, 0.3) is 5.56 Å². The molecule has 26 heavy (non-hydrogen) atoms. The predicted octanol–water partition coefficient (Wildman–Crippen LogP) is 3.35. The van der Waals surface area contributed by atoms with Crippen molar-refractivity contribution in [2.24, 2.45) is 0 Å². The maximum absolute atomic E-state index is 12.1. The molecule has 0 aliphatic carbocycles. The summed E-state index contributed by atoms with van der Waals surface area (Å²) < 4.78 is 0.452. The molecule has 0 amide bonds. The molecule has 0 aliphatic rings. The summed E-state index contributed by atoms with van der Waals surface area (Å²) in [6, 6.07) is 14.2. The molecule has 3 heterocycles. The Labute approximate surface area is 150 Å². The van der Waals surface area contributed by atoms with Gasteiger partial charge in [-0.25, -0.2) is 14.8 Å². The molecule has 7 heteroatoms. The van der Waals surface area contributed by atoms with Crippen molar-refractivity contribution in [2.45, 2.75) is 6.92 Å². The van der Waals surface area contributed by atoms with Crippen LogP contribution in [-0.2, 0) is 0 Å². The molecule has 0 bridgehead atoms. The second kappa shape index (κ2) is 5.34. The van der Waals surface area contributed by atoms with E-state index in [0.717, 1.165) is 27.4 Å². The highest BCUT2D eigenvalue weighted by atomic mass is 32.1. The van der Waals surface area contributed by atoms with Crippen molar-refractivity contribution >= 4 is 42.5 Å². The zero-order chi connectivity index (χ0) is 17.8. The first-order valence-corrected chi connectivity index (χ1v) is 8.84. The molecule has 0 atom stereocenters. The van der Waals surface area contributed by atoms with Crippen LogP contribution in [0.15, 0.2) is 52.1 Å². The zero-order valence-electron chi connectivity index (χ0n) is 13.7. The van der Waals surface area contributed by atoms with Gasteiger partial charge in [-0.2, -0.15) is 0 Å². The summed E-state index contributed by atoms with van der Waals surface area (Å²) in [7, 11) is 0. The molecule has 0 fully saturated rings. The molecule has 6 nitrogen and oxygen atoms in total. The maximum atomic E-state index is 12.1. The van der Waals surface area contributed by atoms with Crippen LogP contribution in [0.1, 0.15) is 5.69 Å². The average molecular weight is 360 g/mol. The van der Waals surface area contributed by atoms with E-state index in [0.29, 0.717) is 20.9 Å². The number of nitrogens with zero attached hydrogens (tertiary/aromatic N) is 2. The van der Waals surface area contributed by atoms with Crippen LogP contribution in [0.5, 0.6) is 0 Å². The number of fused-ring (bicyclic) bond motifs is 4. The number of thiophene rings is 1. The van der Waals surface area contributed by atoms with E-state index in [1.54, 1.807) is 0 Å². The molecular formula is C19H12N4O2S. The van der Waals surface area contributed by atoms with E-state index in [2.05, 4.69) is 32.1 Å². The quantitative estimate of drug-likeness (QED) is 0.479. The van der Waals surface area contributed by atoms with Gasteiger partial charge in [-0.1, -0.05) is 36.4 Å². The van der Waals surface area contributed by atoms with E-state index < -0.39 is 11.2 Å². The highest BCUT2D eigenvalue weighted by molar-refractivity contribution is 7.25. The molecule has 2 aromatic carbocycles. The van der Waals surface area contributed by atoms with Gasteiger partial charge in [0.05, 0.1) is 16.6 Å². The number of aromatic nitrogens is 4. The fourth-order valence-electron chi connectivity index (χ4n) is 3.21. The Bertz CT molecular complexity index is 1450. The first-order chi connectivity index (χ1) is 12.6. The Hall–Kier alpha value is -3.32. The number of nitrogens with one attached hydrogen (secondary N) is 2. The lowest BCUT2D eigenvalue weighted by molar-refractivity contribution is 1.09. The summed E-state index contributed by atoms with van der Waals surface area (Å²) in [6.07, 6.45) is 0. The lowest BCUT2D eigenvalue weighted by Crippen LogP contribution is -2.20. The van der Waals surface area contributed by atoms with Crippen LogP contribution in [0, 0.1) is 6.92 Å². The van der Waals surface area contributed by atoms with Crippen molar-refractivity contribution in [2.75, 3.05) is 0 Å². The zero-order valence-corrected chi connectivity index (χ0v) is 14.5. The van der Waals surface area contributed by atoms with Crippen molar-refractivity contribution in [3.8, 4) is 11.4 Å². The number of aromatic amines is 2. The Morgan fingerprint density at radius 3 is 2.62 bits per heavy atom. The van der Waals surface area contributed by atoms with Gasteiger partial charge >= 0.3 is 5.69 Å². The summed E-state index contributed by atoms with van der Waals surface area (Å²) in [5, 5.41) is 2.99. The smallest absolute Gasteiger partial charge is 0.305 e. The summed E-state index contributed by atoms with van der Waals surface area (Å²) in [5.41, 5.74) is 1.21. The van der Waals surface area contributed by atoms with Gasteiger partial charge in [-0.3, -0.25) is 9.78 Å². The second-order valence-electron chi connectivity index (χ2n) is 6.09. The standard InChI is InChI=1S/C19H12N4O2S/c1-9-13-14-15(17(24)23-19(25)21-14)26-18(13)22-16(20-9)12-7-6-10-4-2-3-5-11(10)8-12/h2-8H,1H3,(H2,21,23,24,25). The molecule has 126 valence electrons. The van der Waals surface area contributed by atoms with E-state index in [1.807, 2.05) is 37.3 Å². The minimum absolute atomic E-state index is 0.404. The summed E-state index contributed by atoms with van der Waals surface area (Å²) in [4.78, 5) is 38.6. The summed E-state index contributed by atoms with van der Waals surface area (Å²) >= 11 is 1.26. The minimum atomic E-state index is -0.528. The number of hydrogen-bond acceptors (Lipinski definition) is 5. The van der Waals surface area contributed by atoms with Crippen molar-refractivity contribution in [3.63, 3.8) is 0 Å². The van der Waals surface area contributed by atoms with Crippen LogP contribution in [0.4, 0.5) is 0 Å². The molecule has 0 radical (unpaired) electrons. The van der Waals surface area contributed by atoms with Gasteiger partial charge < -0.3 is 4.98 Å². The number of benzene rings is 2. The molecule has 2 N–H and O–H groups in total. The van der Waals surface area contributed by atoms with Crippen molar-refractivity contribution in [3.05, 3.63) is 69.0 Å². The Morgan fingerprint density at radius 1 is 0.962 bits per heavy atom. The number of aryl methyl sites for hydroxylation is 1. The third-order valence-electron chi connectivity index (χ3n) is 4.41. The second-order valence-corrected chi connectivity index (χ2v) is 7.09. The fourth-order valence-corrected chi connectivity index (χ4v) is 4.29. The van der Waals surface area contributed by atoms with Crippen molar-refractivity contribution < 1.29 is 0 Å². The van der Waals surface area contributed by atoms with Gasteiger partial charge in [-0.15, -0.1) is 11.3 Å². The van der Waals surface area contributed by atoms with Gasteiger partial charge in [0.15, 0.2) is 5.82 Å². The average Bonchev–Trinajstić information content (AvgIpc) is 3.00. The predicted molar refractivity (Wildman–Crippen MR) is 104 cm³/mol. The third kappa shape index (κ3) is 2.18. The van der Waals surface area contributed by atoms with Crippen LogP contribution in [0.3, 0.4) is 0 Å². The van der Waals surface area contributed by atoms with Crippen LogP contribution in [-0.4, -0.2) is 19.9 Å². The van der Waals surface area contributed by atoms with Gasteiger partial charge in [0.2, 0.25) is 0 Å². The van der Waals surface area contributed by atoms with Crippen LogP contribution in [0.2, 0.25) is 0 Å². The van der Waals surface area contributed by atoms with E-state index in [-0.39, 0.29) is 0 Å². The molecule has 3 aromatic heterocycles. The van der Waals surface area contributed by atoms with E-state index in [1.165, 1.54) is 11.3 Å². The van der Waals surface area contributed by atoms with Gasteiger partial charge in [-0.05, 0) is 23.8 Å². The lowest BCUT2D eigenvalue weighted by Gasteiger charge is -2.05. The third-order valence-corrected chi connectivity index (χ3v) is 5.49. The normalized spacial score (nSPS) is 11.6. The molecule has 0 aliphatic heterocycles. The van der Waals surface area contributed by atoms with Gasteiger partial charge in [0.1, 0.15) is 9.53 Å². The van der Waals surface area contributed by atoms with E-state index in [9.17, 15) is 9.59 Å². The molecule has 0 saturated heterocycles. The van der Waals surface area contributed by atoms with Crippen LogP contribution in [0.25, 0.3) is 42.6 Å². The molecule has 0 unspecified atom stereocenters. The Morgan fingerprint density at radius 2 is 1.77 bits per heavy atom. The van der Waals surface area contributed by atoms with E-state index >= 15 is 0 Å². The number of H-pyrrole nitrogens is 2. The van der Waals surface area contributed by atoms with Crippen molar-refractivity contribution in [1.82, 2.24) is 19.9 Å². The molecule has 5 rings (SSSR count). The van der Waals surface area contributed by atoms with Crippen LogP contribution < -0.4 is 11.2 Å². The lowest BCUT2D eigenvalue weighted by atomic mass is 10.1. The molecule has 5 aromatic rings. The molecular weight excluding hydrogens is 348 g/mol. The highest BCUT2D eigenvalue weighted by Gasteiger charge is 2.16. The first-order valence-electron chi connectivity index (χ1n) is 8.03. The maximum Gasteiger partial charge on any atom is 0.326 e. The Kier molecular flexibility index (Phi) is 3.07. The molecule has 0 saturated carbocycles. The van der Waals surface area contributed by atoms with Crippen molar-refractivity contribution in [1.29, 1.82) is 0 Å². The first kappa shape index (κ1) is 15.0. The van der Waals surface area contributed by atoms with E-state index in [4.69, 9.17) is 0 Å². The summed E-state index contributed by atoms with van der Waals surface area (Å²) in [6.45, 7) is 1.86. The fraction of sp³-hybridized carbons (Fsp3) is 0.0526. The largest absolute Gasteiger partial charge is 0.326 e. The Balaban J connectivity index is 1.81. The molecule has 0 spiro atoms. The number of rotatable bonds is 1. The SMILES string of the molecule is Cc1nc(-c2ccc3ccccc3c2)nc2sc3c(=O)[nH]c(=O)[nH]c3c12. The topological polar surface area (TPSA) is 91.5 Å². The minimum Gasteiger partial charge on any atom is -0.305 e. The summed E-state index contributed by atoms with van der Waals surface area (Å²) in [5.74, 6) is 0.603. The highest BCUT2D eigenvalue weighted by Crippen LogP contribution is 2.32. The number of hydrogen-bond donors (Lipinski definition) is 2. The van der Waals surface area contributed by atoms with Crippen LogP contribution >= 0.6 is 11.3 Å².